The highest BCUT2D eigenvalue weighted by Gasteiger charge is 2.75. The first-order chi connectivity index (χ1) is 17.6. The summed E-state index contributed by atoms with van der Waals surface area (Å²) in [6.45, 7) is 9.10. The van der Waals surface area contributed by atoms with Gasteiger partial charge in [-0.2, -0.15) is 0 Å². The zero-order valence-electron chi connectivity index (χ0n) is 21.9. The molecule has 0 bridgehead atoms. The van der Waals surface area contributed by atoms with Crippen LogP contribution in [0.1, 0.15) is 56.4 Å². The SMILES string of the molecule is CC1(C)CC2(c3ccccc31)c1ccccc1C(C)(C)C2(Oc1cccc(N)c1)Oc1cccc(N)c1. The first-order valence-corrected chi connectivity index (χ1v) is 12.9. The molecule has 1 unspecified atom stereocenters. The molecule has 188 valence electrons. The normalized spacial score (nSPS) is 21.8. The van der Waals surface area contributed by atoms with E-state index in [1.165, 1.54) is 22.3 Å². The van der Waals surface area contributed by atoms with Crippen LogP contribution < -0.4 is 20.9 Å². The summed E-state index contributed by atoms with van der Waals surface area (Å²) >= 11 is 0. The van der Waals surface area contributed by atoms with Gasteiger partial charge in [0.15, 0.2) is 0 Å². The van der Waals surface area contributed by atoms with Crippen LogP contribution in [0.5, 0.6) is 11.5 Å². The van der Waals surface area contributed by atoms with Gasteiger partial charge in [0.1, 0.15) is 11.5 Å². The third-order valence-corrected chi connectivity index (χ3v) is 8.51. The summed E-state index contributed by atoms with van der Waals surface area (Å²) in [6, 6.07) is 32.7. The van der Waals surface area contributed by atoms with Gasteiger partial charge in [0.25, 0.3) is 5.79 Å². The Morgan fingerprint density at radius 2 is 1.03 bits per heavy atom. The summed E-state index contributed by atoms with van der Waals surface area (Å²) in [7, 11) is 0. The van der Waals surface area contributed by atoms with Gasteiger partial charge >= 0.3 is 0 Å². The minimum atomic E-state index is -1.14. The van der Waals surface area contributed by atoms with Gasteiger partial charge in [-0.15, -0.1) is 0 Å². The van der Waals surface area contributed by atoms with E-state index in [4.69, 9.17) is 20.9 Å². The number of hydrogen-bond donors (Lipinski definition) is 2. The van der Waals surface area contributed by atoms with Crippen molar-refractivity contribution in [2.75, 3.05) is 11.5 Å². The molecular weight excluding hydrogens is 456 g/mol. The summed E-state index contributed by atoms with van der Waals surface area (Å²) in [5.74, 6) is 0.201. The Kier molecular flexibility index (Phi) is 4.94. The van der Waals surface area contributed by atoms with E-state index in [1.807, 2.05) is 48.5 Å². The van der Waals surface area contributed by atoms with E-state index in [9.17, 15) is 0 Å². The van der Waals surface area contributed by atoms with Crippen molar-refractivity contribution < 1.29 is 9.47 Å². The van der Waals surface area contributed by atoms with Crippen molar-refractivity contribution in [1.82, 2.24) is 0 Å². The molecule has 0 aromatic heterocycles. The fourth-order valence-electron chi connectivity index (χ4n) is 7.06. The quantitative estimate of drug-likeness (QED) is 0.240. The van der Waals surface area contributed by atoms with Gasteiger partial charge in [0, 0.05) is 23.5 Å². The molecule has 0 heterocycles. The van der Waals surface area contributed by atoms with Gasteiger partial charge in [-0.25, -0.2) is 0 Å². The molecule has 4 N–H and O–H groups in total. The second kappa shape index (κ2) is 7.79. The van der Waals surface area contributed by atoms with Crippen LogP contribution in [-0.4, -0.2) is 5.79 Å². The van der Waals surface area contributed by atoms with Crippen LogP contribution in [-0.2, 0) is 16.2 Å². The second-order valence-electron chi connectivity index (χ2n) is 11.6. The minimum absolute atomic E-state index is 0.104. The summed E-state index contributed by atoms with van der Waals surface area (Å²) in [4.78, 5) is 0. The molecule has 0 amide bonds. The number of benzene rings is 4. The average Bonchev–Trinajstić information content (AvgIpc) is 3.19. The van der Waals surface area contributed by atoms with Gasteiger partial charge in [-0.05, 0) is 72.2 Å². The number of rotatable bonds is 4. The molecule has 0 aliphatic heterocycles. The third-order valence-electron chi connectivity index (χ3n) is 8.51. The summed E-state index contributed by atoms with van der Waals surface area (Å²) in [5, 5.41) is 0. The zero-order valence-corrected chi connectivity index (χ0v) is 21.9. The molecule has 4 heteroatoms. The van der Waals surface area contributed by atoms with Gasteiger partial charge in [-0.3, -0.25) is 0 Å². The van der Waals surface area contributed by atoms with E-state index in [0.29, 0.717) is 22.9 Å². The van der Waals surface area contributed by atoms with Gasteiger partial charge in [-0.1, -0.05) is 74.5 Å². The number of hydrogen-bond acceptors (Lipinski definition) is 4. The number of nitrogen functional groups attached to an aromatic ring is 2. The van der Waals surface area contributed by atoms with Gasteiger partial charge < -0.3 is 20.9 Å². The van der Waals surface area contributed by atoms with Crippen LogP contribution in [0.15, 0.2) is 97.1 Å². The molecule has 4 aromatic carbocycles. The summed E-state index contributed by atoms with van der Waals surface area (Å²) in [5.41, 5.74) is 17.5. The lowest BCUT2D eigenvalue weighted by Crippen LogP contribution is -2.65. The molecule has 37 heavy (non-hydrogen) atoms. The Labute approximate surface area is 219 Å². The Balaban J connectivity index is 1.72. The van der Waals surface area contributed by atoms with Crippen LogP contribution in [0.3, 0.4) is 0 Å². The molecule has 2 aliphatic carbocycles. The van der Waals surface area contributed by atoms with Crippen molar-refractivity contribution in [3.8, 4) is 11.5 Å². The predicted octanol–water partition coefficient (Wildman–Crippen LogP) is 6.96. The van der Waals surface area contributed by atoms with Crippen LogP contribution >= 0.6 is 0 Å². The van der Waals surface area contributed by atoms with Gasteiger partial charge in [0.2, 0.25) is 0 Å². The smallest absolute Gasteiger partial charge is 0.273 e. The first-order valence-electron chi connectivity index (χ1n) is 12.9. The van der Waals surface area contributed by atoms with Crippen molar-refractivity contribution in [2.24, 2.45) is 0 Å². The fraction of sp³-hybridized carbons (Fsp3) is 0.273. The van der Waals surface area contributed by atoms with E-state index < -0.39 is 16.6 Å². The monoisotopic (exact) mass is 490 g/mol. The highest BCUT2D eigenvalue weighted by molar-refractivity contribution is 5.64. The van der Waals surface area contributed by atoms with Crippen molar-refractivity contribution in [3.63, 3.8) is 0 Å². The standard InChI is InChI=1S/C33H34N2O2/c1-30(2)21-32(28-17-7-5-15-26(28)30)29-18-8-6-16-27(29)31(3,4)33(32,36-24-13-9-11-22(34)19-24)37-25-14-10-12-23(35)20-25/h5-20H,21,34-35H2,1-4H3. The molecule has 1 spiro atoms. The Hall–Kier alpha value is -3.92. The molecule has 0 saturated heterocycles. The number of nitrogens with two attached hydrogens (primary N) is 2. The molecular formula is C33H34N2O2. The topological polar surface area (TPSA) is 70.5 Å². The molecule has 1 atom stereocenters. The lowest BCUT2D eigenvalue weighted by molar-refractivity contribution is -0.193. The predicted molar refractivity (Wildman–Crippen MR) is 150 cm³/mol. The lowest BCUT2D eigenvalue weighted by Gasteiger charge is -2.50. The second-order valence-corrected chi connectivity index (χ2v) is 11.6. The number of fused-ring (bicyclic) bond motifs is 4. The number of ether oxygens (including phenoxy) is 2. The maximum Gasteiger partial charge on any atom is 0.273 e. The molecule has 0 fully saturated rings. The van der Waals surface area contributed by atoms with Crippen LogP contribution in [0, 0.1) is 0 Å². The van der Waals surface area contributed by atoms with Crippen molar-refractivity contribution in [3.05, 3.63) is 119 Å². The molecule has 4 aromatic rings. The van der Waals surface area contributed by atoms with E-state index >= 15 is 0 Å². The molecule has 2 aliphatic rings. The molecule has 4 nitrogen and oxygen atoms in total. The maximum atomic E-state index is 7.23. The fourth-order valence-corrected chi connectivity index (χ4v) is 7.06. The van der Waals surface area contributed by atoms with E-state index in [1.54, 1.807) is 0 Å². The summed E-state index contributed by atoms with van der Waals surface area (Å²) in [6.07, 6.45) is 0.824. The highest BCUT2D eigenvalue weighted by atomic mass is 16.7. The van der Waals surface area contributed by atoms with Crippen molar-refractivity contribution in [1.29, 1.82) is 0 Å². The molecule has 6 rings (SSSR count). The van der Waals surface area contributed by atoms with Crippen LogP contribution in [0.2, 0.25) is 0 Å². The van der Waals surface area contributed by atoms with Crippen LogP contribution in [0.4, 0.5) is 11.4 Å². The largest absolute Gasteiger partial charge is 0.450 e. The van der Waals surface area contributed by atoms with E-state index in [2.05, 4.69) is 76.2 Å². The first kappa shape index (κ1) is 23.5. The maximum absolute atomic E-state index is 7.23. The lowest BCUT2D eigenvalue weighted by atomic mass is 9.66. The van der Waals surface area contributed by atoms with Gasteiger partial charge in [0.05, 0.1) is 10.8 Å². The number of anilines is 2. The van der Waals surface area contributed by atoms with E-state index in [-0.39, 0.29) is 5.41 Å². The summed E-state index contributed by atoms with van der Waals surface area (Å²) < 4.78 is 14.5. The molecule has 0 radical (unpaired) electrons. The Morgan fingerprint density at radius 1 is 0.568 bits per heavy atom. The Morgan fingerprint density at radius 3 is 1.54 bits per heavy atom. The van der Waals surface area contributed by atoms with Crippen LogP contribution in [0.25, 0.3) is 0 Å². The average molecular weight is 491 g/mol. The third kappa shape index (κ3) is 3.14. The minimum Gasteiger partial charge on any atom is -0.450 e. The van der Waals surface area contributed by atoms with Crippen molar-refractivity contribution in [2.45, 2.75) is 56.1 Å². The Bertz CT molecular complexity index is 1450. The van der Waals surface area contributed by atoms with E-state index in [0.717, 1.165) is 6.42 Å². The van der Waals surface area contributed by atoms with Crippen molar-refractivity contribution >= 4 is 11.4 Å². The zero-order chi connectivity index (χ0) is 26.1. The highest BCUT2D eigenvalue weighted by Crippen LogP contribution is 2.68. The molecule has 0 saturated carbocycles.